The molecule has 1 unspecified atom stereocenters. The van der Waals surface area contributed by atoms with Crippen molar-refractivity contribution in [3.8, 4) is 5.75 Å². The van der Waals surface area contributed by atoms with E-state index in [1.807, 2.05) is 24.3 Å². The van der Waals surface area contributed by atoms with Crippen LogP contribution in [-0.2, 0) is 16.4 Å². The van der Waals surface area contributed by atoms with Crippen LogP contribution < -0.4 is 4.74 Å². The molecule has 1 atom stereocenters. The largest absolute Gasteiger partial charge is 0.494 e. The quantitative estimate of drug-likeness (QED) is 0.521. The van der Waals surface area contributed by atoms with Crippen molar-refractivity contribution >= 4 is 15.7 Å². The number of rotatable bonds is 9. The van der Waals surface area contributed by atoms with E-state index >= 15 is 0 Å². The number of amides is 1. The zero-order chi connectivity index (χ0) is 22.4. The molecule has 0 radical (unpaired) electrons. The fraction of sp³-hybridized carbons (Fsp3) is 0.480. The minimum atomic E-state index is -3.11. The summed E-state index contributed by atoms with van der Waals surface area (Å²) in [6.45, 7) is 7.39. The van der Waals surface area contributed by atoms with Gasteiger partial charge in [-0.1, -0.05) is 57.5 Å². The van der Waals surface area contributed by atoms with E-state index in [1.165, 1.54) is 5.56 Å². The van der Waals surface area contributed by atoms with Gasteiger partial charge in [-0.25, -0.2) is 8.42 Å². The van der Waals surface area contributed by atoms with Crippen LogP contribution in [0.2, 0.25) is 0 Å². The summed E-state index contributed by atoms with van der Waals surface area (Å²) in [7, 11) is -3.11. The SMILES string of the molecule is CCCCOc1cccc(C(=O)N(Cc2ccc(C(C)C)cc2)C2CCS(=O)(=O)C2)c1. The first-order valence-electron chi connectivity index (χ1n) is 11.1. The summed E-state index contributed by atoms with van der Waals surface area (Å²) in [5.41, 5.74) is 2.76. The van der Waals surface area contributed by atoms with Gasteiger partial charge in [-0.15, -0.1) is 0 Å². The maximum Gasteiger partial charge on any atom is 0.254 e. The first kappa shape index (κ1) is 23.3. The van der Waals surface area contributed by atoms with Gasteiger partial charge in [-0.2, -0.15) is 0 Å². The molecule has 6 heteroatoms. The van der Waals surface area contributed by atoms with E-state index in [0.29, 0.717) is 36.8 Å². The molecule has 168 valence electrons. The summed E-state index contributed by atoms with van der Waals surface area (Å²) in [5.74, 6) is 1.10. The summed E-state index contributed by atoms with van der Waals surface area (Å²) in [4.78, 5) is 15.2. The molecule has 0 aliphatic carbocycles. The molecule has 1 heterocycles. The number of carbonyl (C=O) groups excluding carboxylic acids is 1. The first-order valence-corrected chi connectivity index (χ1v) is 12.9. The molecule has 31 heavy (non-hydrogen) atoms. The second-order valence-corrected chi connectivity index (χ2v) is 10.8. The van der Waals surface area contributed by atoms with Crippen LogP contribution in [0, 0.1) is 0 Å². The van der Waals surface area contributed by atoms with Gasteiger partial charge in [0.25, 0.3) is 5.91 Å². The molecule has 1 aliphatic heterocycles. The third-order valence-corrected chi connectivity index (χ3v) is 7.51. The average molecular weight is 444 g/mol. The molecule has 0 saturated carbocycles. The van der Waals surface area contributed by atoms with Crippen LogP contribution in [-0.4, -0.2) is 43.4 Å². The van der Waals surface area contributed by atoms with Gasteiger partial charge in [-0.05, 0) is 48.1 Å². The van der Waals surface area contributed by atoms with E-state index in [4.69, 9.17) is 4.74 Å². The van der Waals surface area contributed by atoms with Crippen LogP contribution in [0.3, 0.4) is 0 Å². The lowest BCUT2D eigenvalue weighted by molar-refractivity contribution is 0.0680. The molecule has 2 aromatic rings. The van der Waals surface area contributed by atoms with E-state index in [2.05, 4.69) is 32.9 Å². The Morgan fingerprint density at radius 1 is 1.16 bits per heavy atom. The number of carbonyl (C=O) groups is 1. The summed E-state index contributed by atoms with van der Waals surface area (Å²) >= 11 is 0. The Balaban J connectivity index is 1.84. The fourth-order valence-electron chi connectivity index (χ4n) is 3.81. The van der Waals surface area contributed by atoms with Crippen LogP contribution in [0.15, 0.2) is 48.5 Å². The zero-order valence-electron chi connectivity index (χ0n) is 18.7. The standard InChI is InChI=1S/C25H33NO4S/c1-4-5-14-30-24-8-6-7-22(16-24)25(27)26(23-13-15-31(28,29)18-23)17-20-9-11-21(12-10-20)19(2)3/h6-12,16,19,23H,4-5,13-15,17-18H2,1-3H3. The smallest absolute Gasteiger partial charge is 0.254 e. The monoisotopic (exact) mass is 443 g/mol. The highest BCUT2D eigenvalue weighted by Gasteiger charge is 2.35. The van der Waals surface area contributed by atoms with Gasteiger partial charge in [0.05, 0.1) is 18.1 Å². The molecule has 0 spiro atoms. The van der Waals surface area contributed by atoms with Crippen molar-refractivity contribution in [3.05, 3.63) is 65.2 Å². The Morgan fingerprint density at radius 3 is 2.52 bits per heavy atom. The number of sulfone groups is 1. The maximum absolute atomic E-state index is 13.5. The van der Waals surface area contributed by atoms with Gasteiger partial charge in [0, 0.05) is 18.2 Å². The van der Waals surface area contributed by atoms with Crippen molar-refractivity contribution in [1.82, 2.24) is 4.90 Å². The number of hydrogen-bond donors (Lipinski definition) is 0. The minimum absolute atomic E-state index is 0.0233. The third kappa shape index (κ3) is 6.33. The van der Waals surface area contributed by atoms with Crippen LogP contribution in [0.4, 0.5) is 0 Å². The first-order chi connectivity index (χ1) is 14.8. The Bertz CT molecular complexity index is 983. The van der Waals surface area contributed by atoms with Crippen molar-refractivity contribution in [2.75, 3.05) is 18.1 Å². The molecular weight excluding hydrogens is 410 g/mol. The topological polar surface area (TPSA) is 63.7 Å². The Kier molecular flexibility index (Phi) is 7.76. The lowest BCUT2D eigenvalue weighted by Crippen LogP contribution is -2.40. The highest BCUT2D eigenvalue weighted by molar-refractivity contribution is 7.91. The average Bonchev–Trinajstić information content (AvgIpc) is 3.11. The van der Waals surface area contributed by atoms with Gasteiger partial charge in [0.15, 0.2) is 9.84 Å². The highest BCUT2D eigenvalue weighted by Crippen LogP contribution is 2.25. The molecule has 0 N–H and O–H groups in total. The molecule has 0 aromatic heterocycles. The van der Waals surface area contributed by atoms with Crippen LogP contribution in [0.1, 0.15) is 67.4 Å². The van der Waals surface area contributed by atoms with Crippen molar-refractivity contribution < 1.29 is 17.9 Å². The summed E-state index contributed by atoms with van der Waals surface area (Å²) in [6.07, 6.45) is 2.47. The van der Waals surface area contributed by atoms with Gasteiger partial charge in [-0.3, -0.25) is 4.79 Å². The maximum atomic E-state index is 13.5. The normalized spacial score (nSPS) is 17.6. The molecule has 1 saturated heterocycles. The molecule has 2 aromatic carbocycles. The minimum Gasteiger partial charge on any atom is -0.494 e. The summed E-state index contributed by atoms with van der Waals surface area (Å²) < 4.78 is 30.0. The molecule has 0 bridgehead atoms. The van der Waals surface area contributed by atoms with Gasteiger partial charge in [0.2, 0.25) is 0 Å². The Hall–Kier alpha value is -2.34. The van der Waals surface area contributed by atoms with Gasteiger partial charge < -0.3 is 9.64 Å². The second kappa shape index (κ2) is 10.3. The molecular formula is C25H33NO4S. The summed E-state index contributed by atoms with van der Waals surface area (Å²) in [6, 6.07) is 15.1. The fourth-order valence-corrected chi connectivity index (χ4v) is 5.54. The van der Waals surface area contributed by atoms with Crippen molar-refractivity contribution in [1.29, 1.82) is 0 Å². The number of unbranched alkanes of at least 4 members (excludes halogenated alkanes) is 1. The van der Waals surface area contributed by atoms with Crippen molar-refractivity contribution in [3.63, 3.8) is 0 Å². The molecule has 1 amide bonds. The predicted octanol–water partition coefficient (Wildman–Crippen LogP) is 4.82. The predicted molar refractivity (Wildman–Crippen MR) is 124 cm³/mol. The lowest BCUT2D eigenvalue weighted by Gasteiger charge is -2.29. The molecule has 5 nitrogen and oxygen atoms in total. The van der Waals surface area contributed by atoms with E-state index in [-0.39, 0.29) is 23.5 Å². The molecule has 3 rings (SSSR count). The highest BCUT2D eigenvalue weighted by atomic mass is 32.2. The van der Waals surface area contributed by atoms with E-state index in [0.717, 1.165) is 18.4 Å². The van der Waals surface area contributed by atoms with Gasteiger partial charge >= 0.3 is 0 Å². The number of ether oxygens (including phenoxy) is 1. The number of benzene rings is 2. The number of hydrogen-bond acceptors (Lipinski definition) is 4. The number of nitrogens with zero attached hydrogens (tertiary/aromatic N) is 1. The third-order valence-electron chi connectivity index (χ3n) is 5.76. The molecule has 1 fully saturated rings. The van der Waals surface area contributed by atoms with Crippen LogP contribution in [0.5, 0.6) is 5.75 Å². The van der Waals surface area contributed by atoms with E-state index in [9.17, 15) is 13.2 Å². The zero-order valence-corrected chi connectivity index (χ0v) is 19.5. The van der Waals surface area contributed by atoms with Crippen molar-refractivity contribution in [2.45, 2.75) is 58.5 Å². The Labute approximate surface area is 186 Å². The second-order valence-electron chi connectivity index (χ2n) is 8.62. The lowest BCUT2D eigenvalue weighted by atomic mass is 10.0. The van der Waals surface area contributed by atoms with Gasteiger partial charge in [0.1, 0.15) is 5.75 Å². The van der Waals surface area contributed by atoms with E-state index in [1.54, 1.807) is 17.0 Å². The van der Waals surface area contributed by atoms with Crippen molar-refractivity contribution in [2.24, 2.45) is 0 Å². The van der Waals surface area contributed by atoms with Crippen LogP contribution >= 0.6 is 0 Å². The van der Waals surface area contributed by atoms with E-state index < -0.39 is 9.84 Å². The molecule has 1 aliphatic rings. The summed E-state index contributed by atoms with van der Waals surface area (Å²) in [5, 5.41) is 0. The Morgan fingerprint density at radius 2 is 1.90 bits per heavy atom. The van der Waals surface area contributed by atoms with Crippen LogP contribution in [0.25, 0.3) is 0 Å².